The van der Waals surface area contributed by atoms with Crippen LogP contribution in [0, 0.1) is 0 Å². The molecule has 0 saturated carbocycles. The van der Waals surface area contributed by atoms with E-state index in [4.69, 9.17) is 9.26 Å². The monoisotopic (exact) mass is 227 g/mol. The van der Waals surface area contributed by atoms with Gasteiger partial charge in [-0.2, -0.15) is 4.98 Å². The van der Waals surface area contributed by atoms with Gasteiger partial charge in [0.2, 0.25) is 5.89 Å². The molecule has 0 N–H and O–H groups in total. The first-order valence-electron chi connectivity index (χ1n) is 5.23. The van der Waals surface area contributed by atoms with E-state index < -0.39 is 0 Å². The molecule has 0 amide bonds. The second-order valence-electron chi connectivity index (χ2n) is 3.64. The molecule has 1 aromatic rings. The number of likely N-dealkylation sites (N-methyl/N-ethyl adjacent to an activating group) is 1. The van der Waals surface area contributed by atoms with Crippen molar-refractivity contribution in [3.63, 3.8) is 0 Å². The van der Waals surface area contributed by atoms with Crippen LogP contribution in [0.5, 0.6) is 0 Å². The smallest absolute Gasteiger partial charge is 0.315 e. The topological polar surface area (TPSA) is 68.5 Å². The summed E-state index contributed by atoms with van der Waals surface area (Å²) < 4.78 is 9.71. The van der Waals surface area contributed by atoms with Gasteiger partial charge in [-0.3, -0.25) is 4.79 Å². The van der Waals surface area contributed by atoms with Crippen LogP contribution in [-0.2, 0) is 22.4 Å². The maximum Gasteiger partial charge on any atom is 0.315 e. The summed E-state index contributed by atoms with van der Waals surface area (Å²) in [4.78, 5) is 17.3. The quantitative estimate of drug-likeness (QED) is 0.650. The number of ether oxygens (including phenoxy) is 1. The van der Waals surface area contributed by atoms with Gasteiger partial charge in [0.1, 0.15) is 6.42 Å². The van der Waals surface area contributed by atoms with E-state index in [0.717, 1.165) is 6.54 Å². The summed E-state index contributed by atoms with van der Waals surface area (Å²) in [5, 5.41) is 3.78. The number of rotatable bonds is 6. The van der Waals surface area contributed by atoms with Gasteiger partial charge in [-0.05, 0) is 21.0 Å². The summed E-state index contributed by atoms with van der Waals surface area (Å²) in [6.07, 6.45) is 0.752. The minimum atomic E-state index is -0.342. The molecule has 0 bridgehead atoms. The van der Waals surface area contributed by atoms with Gasteiger partial charge < -0.3 is 14.2 Å². The maximum absolute atomic E-state index is 11.1. The van der Waals surface area contributed by atoms with Crippen LogP contribution in [0.2, 0.25) is 0 Å². The molecular formula is C10H17N3O3. The molecule has 6 heteroatoms. The Balaban J connectivity index is 2.42. The van der Waals surface area contributed by atoms with Crippen LogP contribution in [0.3, 0.4) is 0 Å². The first kappa shape index (κ1) is 12.6. The first-order valence-corrected chi connectivity index (χ1v) is 5.23. The van der Waals surface area contributed by atoms with Crippen molar-refractivity contribution in [2.45, 2.75) is 19.8 Å². The fraction of sp³-hybridized carbons (Fsp3) is 0.700. The Morgan fingerprint density at radius 1 is 1.50 bits per heavy atom. The molecule has 0 aliphatic heterocycles. The van der Waals surface area contributed by atoms with E-state index in [1.807, 2.05) is 19.0 Å². The minimum Gasteiger partial charge on any atom is -0.466 e. The fourth-order valence-corrected chi connectivity index (χ4v) is 1.12. The summed E-state index contributed by atoms with van der Waals surface area (Å²) in [5.74, 6) is 0.588. The van der Waals surface area contributed by atoms with E-state index in [1.165, 1.54) is 0 Å². The normalized spacial score (nSPS) is 10.8. The summed E-state index contributed by atoms with van der Waals surface area (Å²) in [7, 11) is 3.94. The lowest BCUT2D eigenvalue weighted by Gasteiger charge is -2.05. The molecule has 0 aliphatic rings. The molecule has 0 atom stereocenters. The second-order valence-corrected chi connectivity index (χ2v) is 3.64. The van der Waals surface area contributed by atoms with Crippen LogP contribution in [0.25, 0.3) is 0 Å². The highest BCUT2D eigenvalue weighted by Crippen LogP contribution is 2.00. The van der Waals surface area contributed by atoms with E-state index in [0.29, 0.717) is 24.7 Å². The summed E-state index contributed by atoms with van der Waals surface area (Å²) in [5.41, 5.74) is 0. The molecular weight excluding hydrogens is 210 g/mol. The number of carbonyl (C=O) groups is 1. The van der Waals surface area contributed by atoms with Crippen molar-refractivity contribution in [2.75, 3.05) is 27.2 Å². The van der Waals surface area contributed by atoms with Gasteiger partial charge in [-0.15, -0.1) is 0 Å². The average Bonchev–Trinajstić information content (AvgIpc) is 2.63. The number of hydrogen-bond acceptors (Lipinski definition) is 6. The van der Waals surface area contributed by atoms with Crippen LogP contribution in [0.1, 0.15) is 18.6 Å². The predicted molar refractivity (Wildman–Crippen MR) is 56.9 cm³/mol. The van der Waals surface area contributed by atoms with E-state index in [2.05, 4.69) is 10.1 Å². The average molecular weight is 227 g/mol. The summed E-state index contributed by atoms with van der Waals surface area (Å²) in [6, 6.07) is 0. The van der Waals surface area contributed by atoms with Gasteiger partial charge in [0, 0.05) is 13.0 Å². The Labute approximate surface area is 94.6 Å². The number of nitrogens with zero attached hydrogens (tertiary/aromatic N) is 3. The Bertz CT molecular complexity index is 336. The third kappa shape index (κ3) is 4.39. The molecule has 1 heterocycles. The molecule has 0 radical (unpaired) electrons. The van der Waals surface area contributed by atoms with Crippen LogP contribution in [0.15, 0.2) is 4.52 Å². The van der Waals surface area contributed by atoms with Gasteiger partial charge in [0.05, 0.1) is 6.61 Å². The second kappa shape index (κ2) is 6.22. The van der Waals surface area contributed by atoms with Crippen molar-refractivity contribution in [3.05, 3.63) is 11.7 Å². The Kier molecular flexibility index (Phi) is 4.91. The van der Waals surface area contributed by atoms with Crippen molar-refractivity contribution >= 4 is 5.97 Å². The van der Waals surface area contributed by atoms with Crippen LogP contribution in [-0.4, -0.2) is 48.3 Å². The van der Waals surface area contributed by atoms with Crippen molar-refractivity contribution in [1.82, 2.24) is 15.0 Å². The van der Waals surface area contributed by atoms with Crippen molar-refractivity contribution in [2.24, 2.45) is 0 Å². The van der Waals surface area contributed by atoms with Gasteiger partial charge in [-0.1, -0.05) is 5.16 Å². The van der Waals surface area contributed by atoms with Crippen molar-refractivity contribution < 1.29 is 14.1 Å². The highest BCUT2D eigenvalue weighted by molar-refractivity contribution is 5.71. The summed E-state index contributed by atoms with van der Waals surface area (Å²) in [6.45, 7) is 2.97. The van der Waals surface area contributed by atoms with Crippen molar-refractivity contribution in [3.8, 4) is 0 Å². The molecule has 0 aliphatic carbocycles. The predicted octanol–water partition coefficient (Wildman–Crippen LogP) is 0.279. The SMILES string of the molecule is CCOC(=O)Cc1nc(CCN(C)C)no1. The molecule has 6 nitrogen and oxygen atoms in total. The largest absolute Gasteiger partial charge is 0.466 e. The standard InChI is InChI=1S/C10H17N3O3/c1-4-15-10(14)7-9-11-8(12-16-9)5-6-13(2)3/h4-7H2,1-3H3. The molecule has 0 unspecified atom stereocenters. The van der Waals surface area contributed by atoms with Gasteiger partial charge in [0.25, 0.3) is 0 Å². The molecule has 0 saturated heterocycles. The first-order chi connectivity index (χ1) is 7.61. The number of carbonyl (C=O) groups excluding carboxylic acids is 1. The molecule has 0 aromatic carbocycles. The molecule has 1 aromatic heterocycles. The molecule has 0 fully saturated rings. The highest BCUT2D eigenvalue weighted by Gasteiger charge is 2.11. The van der Waals surface area contributed by atoms with E-state index >= 15 is 0 Å². The molecule has 0 spiro atoms. The minimum absolute atomic E-state index is 0.0444. The van der Waals surface area contributed by atoms with Crippen molar-refractivity contribution in [1.29, 1.82) is 0 Å². The third-order valence-corrected chi connectivity index (χ3v) is 1.89. The molecule has 16 heavy (non-hydrogen) atoms. The fourth-order valence-electron chi connectivity index (χ4n) is 1.12. The van der Waals surface area contributed by atoms with Gasteiger partial charge >= 0.3 is 5.97 Å². The zero-order valence-corrected chi connectivity index (χ0v) is 9.89. The Morgan fingerprint density at radius 3 is 2.88 bits per heavy atom. The van der Waals surface area contributed by atoms with Gasteiger partial charge in [0.15, 0.2) is 5.82 Å². The number of esters is 1. The van der Waals surface area contributed by atoms with E-state index in [-0.39, 0.29) is 12.4 Å². The zero-order chi connectivity index (χ0) is 12.0. The lowest BCUT2D eigenvalue weighted by atomic mass is 10.4. The number of hydrogen-bond donors (Lipinski definition) is 0. The lowest BCUT2D eigenvalue weighted by Crippen LogP contribution is -2.15. The van der Waals surface area contributed by atoms with Crippen LogP contribution in [0.4, 0.5) is 0 Å². The Morgan fingerprint density at radius 2 is 2.25 bits per heavy atom. The molecule has 1 rings (SSSR count). The number of aromatic nitrogens is 2. The lowest BCUT2D eigenvalue weighted by molar-refractivity contribution is -0.142. The maximum atomic E-state index is 11.1. The molecule has 90 valence electrons. The highest BCUT2D eigenvalue weighted by atomic mass is 16.5. The van der Waals surface area contributed by atoms with Crippen LogP contribution < -0.4 is 0 Å². The zero-order valence-electron chi connectivity index (χ0n) is 9.89. The van der Waals surface area contributed by atoms with Crippen LogP contribution >= 0.6 is 0 Å². The summed E-state index contributed by atoms with van der Waals surface area (Å²) >= 11 is 0. The van der Waals surface area contributed by atoms with E-state index in [1.54, 1.807) is 6.92 Å². The third-order valence-electron chi connectivity index (χ3n) is 1.89. The van der Waals surface area contributed by atoms with Gasteiger partial charge in [-0.25, -0.2) is 0 Å². The Hall–Kier alpha value is -1.43. The van der Waals surface area contributed by atoms with E-state index in [9.17, 15) is 4.79 Å².